The number of hydrogen-bond donors (Lipinski definition) is 2. The lowest BCUT2D eigenvalue weighted by atomic mass is 10.1. The van der Waals surface area contributed by atoms with Crippen molar-refractivity contribution in [3.8, 4) is 0 Å². The van der Waals surface area contributed by atoms with Gasteiger partial charge in [0.15, 0.2) is 0 Å². The van der Waals surface area contributed by atoms with E-state index in [1.807, 2.05) is 61.7 Å². The van der Waals surface area contributed by atoms with Gasteiger partial charge in [-0.25, -0.2) is 0 Å². The van der Waals surface area contributed by atoms with E-state index in [1.165, 1.54) is 0 Å². The summed E-state index contributed by atoms with van der Waals surface area (Å²) in [5.74, 6) is -0.0783. The molecule has 2 rings (SSSR count). The molecule has 0 heterocycles. The van der Waals surface area contributed by atoms with Gasteiger partial charge in [-0.1, -0.05) is 42.0 Å². The molecule has 4 heteroatoms. The van der Waals surface area contributed by atoms with Gasteiger partial charge in [0.1, 0.15) is 0 Å². The summed E-state index contributed by atoms with van der Waals surface area (Å²) in [5, 5.41) is 12.9. The zero-order chi connectivity index (χ0) is 15.9. The van der Waals surface area contributed by atoms with Crippen molar-refractivity contribution in [2.45, 2.75) is 24.3 Å². The first-order chi connectivity index (χ1) is 10.6. The molecule has 0 fully saturated rings. The normalized spacial score (nSPS) is 12.0. The average Bonchev–Trinajstić information content (AvgIpc) is 2.52. The van der Waals surface area contributed by atoms with Crippen molar-refractivity contribution >= 4 is 17.7 Å². The summed E-state index contributed by atoms with van der Waals surface area (Å²) in [5.41, 5.74) is 2.93. The quantitative estimate of drug-likeness (QED) is 0.805. The van der Waals surface area contributed by atoms with Crippen molar-refractivity contribution in [2.75, 3.05) is 12.8 Å². The Kier molecular flexibility index (Phi) is 6.04. The van der Waals surface area contributed by atoms with Crippen molar-refractivity contribution in [2.24, 2.45) is 0 Å². The van der Waals surface area contributed by atoms with Crippen LogP contribution in [0.3, 0.4) is 0 Å². The fourth-order valence-corrected chi connectivity index (χ4v) is 2.63. The monoisotopic (exact) mass is 315 g/mol. The highest BCUT2D eigenvalue weighted by Crippen LogP contribution is 2.18. The number of aryl methyl sites for hydroxylation is 1. The second kappa shape index (κ2) is 8.01. The number of benzene rings is 2. The summed E-state index contributed by atoms with van der Waals surface area (Å²) in [7, 11) is 0. The Balaban J connectivity index is 1.84. The molecule has 1 atom stereocenters. The van der Waals surface area contributed by atoms with Crippen LogP contribution in [0.15, 0.2) is 53.4 Å². The van der Waals surface area contributed by atoms with E-state index in [0.29, 0.717) is 6.42 Å². The van der Waals surface area contributed by atoms with E-state index in [4.69, 9.17) is 0 Å². The van der Waals surface area contributed by atoms with E-state index in [-0.39, 0.29) is 12.5 Å². The number of aliphatic hydroxyl groups excluding tert-OH is 1. The number of amides is 1. The molecule has 0 unspecified atom stereocenters. The highest BCUT2D eigenvalue weighted by atomic mass is 32.2. The van der Waals surface area contributed by atoms with Gasteiger partial charge < -0.3 is 10.4 Å². The van der Waals surface area contributed by atoms with Gasteiger partial charge in [0.2, 0.25) is 5.91 Å². The Hall–Kier alpha value is -1.78. The minimum atomic E-state index is -0.683. The maximum Gasteiger partial charge on any atom is 0.224 e. The van der Waals surface area contributed by atoms with E-state index in [2.05, 4.69) is 5.32 Å². The predicted molar refractivity (Wildman–Crippen MR) is 91.1 cm³/mol. The molecule has 0 aliphatic heterocycles. The topological polar surface area (TPSA) is 49.3 Å². The van der Waals surface area contributed by atoms with Crippen molar-refractivity contribution in [1.82, 2.24) is 5.32 Å². The van der Waals surface area contributed by atoms with Crippen LogP contribution in [-0.4, -0.2) is 23.8 Å². The Morgan fingerprint density at radius 1 is 1.23 bits per heavy atom. The third kappa shape index (κ3) is 4.90. The first kappa shape index (κ1) is 16.6. The lowest BCUT2D eigenvalue weighted by Crippen LogP contribution is -2.29. The molecule has 0 saturated heterocycles. The number of nitrogens with one attached hydrogen (secondary N) is 1. The molecular weight excluding hydrogens is 294 g/mol. The van der Waals surface area contributed by atoms with Crippen LogP contribution < -0.4 is 5.32 Å². The number of hydrogen-bond acceptors (Lipinski definition) is 3. The van der Waals surface area contributed by atoms with Crippen LogP contribution in [0.2, 0.25) is 0 Å². The molecule has 1 amide bonds. The number of thioether (sulfide) groups is 1. The molecule has 0 radical (unpaired) electrons. The minimum Gasteiger partial charge on any atom is -0.387 e. The summed E-state index contributed by atoms with van der Waals surface area (Å²) in [4.78, 5) is 13.1. The molecule has 2 aromatic rings. The first-order valence-electron chi connectivity index (χ1n) is 7.23. The summed E-state index contributed by atoms with van der Waals surface area (Å²) in [6.45, 7) is 2.23. The highest BCUT2D eigenvalue weighted by molar-refractivity contribution is 7.98. The third-order valence-electron chi connectivity index (χ3n) is 3.44. The highest BCUT2D eigenvalue weighted by Gasteiger charge is 2.10. The summed E-state index contributed by atoms with van der Waals surface area (Å²) in [6.07, 6.45) is 1.66. The Labute approximate surface area is 135 Å². The van der Waals surface area contributed by atoms with Gasteiger partial charge in [-0.3, -0.25) is 4.79 Å². The number of aliphatic hydroxyl groups is 1. The average molecular weight is 315 g/mol. The van der Waals surface area contributed by atoms with Crippen molar-refractivity contribution in [1.29, 1.82) is 0 Å². The van der Waals surface area contributed by atoms with Gasteiger partial charge in [0.05, 0.1) is 12.5 Å². The second-order valence-electron chi connectivity index (χ2n) is 5.26. The fourth-order valence-electron chi connectivity index (χ4n) is 2.22. The Morgan fingerprint density at radius 2 is 1.95 bits per heavy atom. The molecule has 0 bridgehead atoms. The number of carbonyl (C=O) groups is 1. The molecule has 0 saturated carbocycles. The van der Waals surface area contributed by atoms with Gasteiger partial charge in [-0.05, 0) is 36.4 Å². The standard InChI is InChI=1S/C18H21NO2S/c1-13-4-3-5-14(10-13)11-18(21)19-12-17(20)15-6-8-16(22-2)9-7-15/h3-10,17,20H,11-12H2,1-2H3,(H,19,21)/t17-/m0/s1. The van der Waals surface area contributed by atoms with Crippen LogP contribution in [0.4, 0.5) is 0 Å². The third-order valence-corrected chi connectivity index (χ3v) is 4.18. The molecule has 116 valence electrons. The zero-order valence-electron chi connectivity index (χ0n) is 12.9. The minimum absolute atomic E-state index is 0.0783. The smallest absolute Gasteiger partial charge is 0.224 e. The molecule has 0 aliphatic carbocycles. The largest absolute Gasteiger partial charge is 0.387 e. The van der Waals surface area contributed by atoms with Gasteiger partial charge >= 0.3 is 0 Å². The van der Waals surface area contributed by atoms with Crippen LogP contribution in [0.25, 0.3) is 0 Å². The van der Waals surface area contributed by atoms with Crippen molar-refractivity contribution < 1.29 is 9.90 Å². The summed E-state index contributed by atoms with van der Waals surface area (Å²) < 4.78 is 0. The maximum absolute atomic E-state index is 11.9. The Morgan fingerprint density at radius 3 is 2.59 bits per heavy atom. The van der Waals surface area contributed by atoms with Crippen LogP contribution in [0.5, 0.6) is 0 Å². The van der Waals surface area contributed by atoms with Gasteiger partial charge in [-0.2, -0.15) is 0 Å². The maximum atomic E-state index is 11.9. The lowest BCUT2D eigenvalue weighted by molar-refractivity contribution is -0.120. The van der Waals surface area contributed by atoms with Crippen molar-refractivity contribution in [3.63, 3.8) is 0 Å². The lowest BCUT2D eigenvalue weighted by Gasteiger charge is -2.13. The Bertz CT molecular complexity index is 625. The summed E-state index contributed by atoms with van der Waals surface area (Å²) in [6, 6.07) is 15.6. The van der Waals surface area contributed by atoms with Gasteiger partial charge in [0, 0.05) is 11.4 Å². The summed E-state index contributed by atoms with van der Waals surface area (Å²) >= 11 is 1.66. The van der Waals surface area contributed by atoms with E-state index in [1.54, 1.807) is 11.8 Å². The SMILES string of the molecule is CSc1ccc([C@@H](O)CNC(=O)Cc2cccc(C)c2)cc1. The van der Waals surface area contributed by atoms with Crippen LogP contribution >= 0.6 is 11.8 Å². The predicted octanol–water partition coefficient (Wildman–Crippen LogP) is 3.11. The van der Waals surface area contributed by atoms with E-state index >= 15 is 0 Å². The zero-order valence-corrected chi connectivity index (χ0v) is 13.7. The molecule has 0 spiro atoms. The number of carbonyl (C=O) groups excluding carboxylic acids is 1. The van der Waals surface area contributed by atoms with Crippen molar-refractivity contribution in [3.05, 3.63) is 65.2 Å². The fraction of sp³-hybridized carbons (Fsp3) is 0.278. The van der Waals surface area contributed by atoms with Crippen LogP contribution in [0.1, 0.15) is 22.8 Å². The molecule has 0 aliphatic rings. The molecule has 2 N–H and O–H groups in total. The second-order valence-corrected chi connectivity index (χ2v) is 6.14. The van der Waals surface area contributed by atoms with E-state index in [9.17, 15) is 9.90 Å². The molecule has 22 heavy (non-hydrogen) atoms. The molecule has 3 nitrogen and oxygen atoms in total. The van der Waals surface area contributed by atoms with Crippen LogP contribution in [-0.2, 0) is 11.2 Å². The van der Waals surface area contributed by atoms with Gasteiger partial charge in [0.25, 0.3) is 0 Å². The van der Waals surface area contributed by atoms with E-state index in [0.717, 1.165) is 21.6 Å². The van der Waals surface area contributed by atoms with E-state index < -0.39 is 6.10 Å². The number of rotatable bonds is 6. The molecule has 2 aromatic carbocycles. The molecule has 0 aromatic heterocycles. The first-order valence-corrected chi connectivity index (χ1v) is 8.45. The van der Waals surface area contributed by atoms with Crippen LogP contribution in [0, 0.1) is 6.92 Å². The van der Waals surface area contributed by atoms with Gasteiger partial charge in [-0.15, -0.1) is 11.8 Å². The molecular formula is C18H21NO2S.